The highest BCUT2D eigenvalue weighted by atomic mass is 19.4. The molecule has 0 fully saturated rings. The van der Waals surface area contributed by atoms with Crippen LogP contribution < -0.4 is 25.6 Å². The summed E-state index contributed by atoms with van der Waals surface area (Å²) < 4.78 is 55.1. The molecule has 1 aliphatic rings. The second-order valence-electron chi connectivity index (χ2n) is 8.35. The van der Waals surface area contributed by atoms with Gasteiger partial charge >= 0.3 is 6.36 Å². The van der Waals surface area contributed by atoms with Gasteiger partial charge in [0.1, 0.15) is 17.6 Å². The highest BCUT2D eigenvalue weighted by molar-refractivity contribution is 6.03. The van der Waals surface area contributed by atoms with Gasteiger partial charge in [-0.25, -0.2) is 4.39 Å². The van der Waals surface area contributed by atoms with Crippen LogP contribution in [-0.4, -0.2) is 43.3 Å². The Kier molecular flexibility index (Phi) is 6.55. The number of nitrogens with zero attached hydrogens (tertiary/aromatic N) is 2. The third-order valence-electron chi connectivity index (χ3n) is 5.09. The van der Waals surface area contributed by atoms with E-state index in [0.717, 1.165) is 0 Å². The summed E-state index contributed by atoms with van der Waals surface area (Å²) in [5.41, 5.74) is 6.04. The minimum atomic E-state index is -4.80. The van der Waals surface area contributed by atoms with Crippen molar-refractivity contribution in [2.45, 2.75) is 38.3 Å². The van der Waals surface area contributed by atoms with Gasteiger partial charge in [-0.2, -0.15) is 0 Å². The van der Waals surface area contributed by atoms with Crippen LogP contribution in [-0.2, 0) is 16.1 Å². The number of fused-ring (bicyclic) bond motifs is 1. The number of halogens is 4. The molecule has 1 aliphatic heterocycles. The lowest BCUT2D eigenvalue weighted by atomic mass is 10.1. The number of amides is 2. The Morgan fingerprint density at radius 1 is 1.15 bits per heavy atom. The van der Waals surface area contributed by atoms with Crippen LogP contribution in [0.2, 0.25) is 0 Å². The number of anilines is 2. The molecular formula is C22H24F4N4O3. The molecule has 0 saturated heterocycles. The molecule has 0 bridgehead atoms. The van der Waals surface area contributed by atoms with Gasteiger partial charge < -0.3 is 25.6 Å². The van der Waals surface area contributed by atoms with Crippen LogP contribution in [0.25, 0.3) is 0 Å². The summed E-state index contributed by atoms with van der Waals surface area (Å²) in [7, 11) is 1.47. The normalized spacial score (nSPS) is 16.8. The van der Waals surface area contributed by atoms with Crippen molar-refractivity contribution in [3.8, 4) is 5.75 Å². The standard InChI is InChI=1S/C22H24F4N4O3/c1-21(2,27)20(32)28-16-12-30(11-13-4-7-15(8-5-13)33-22(24,25)26)17-9-6-14(23)10-18(17)29(3)19(16)31/h4-10,16H,11-12,27H2,1-3H3,(H,28,32)/t16-/m1/s1. The Morgan fingerprint density at radius 2 is 1.79 bits per heavy atom. The maximum absolute atomic E-state index is 14.0. The SMILES string of the molecule is CN1C(=O)[C@H](NC(=O)C(C)(C)N)CN(Cc2ccc(OC(F)(F)F)cc2)c2ccc(F)cc21. The molecule has 0 spiro atoms. The molecule has 1 heterocycles. The zero-order valence-corrected chi connectivity index (χ0v) is 18.2. The van der Waals surface area contributed by atoms with Crippen LogP contribution in [0.15, 0.2) is 42.5 Å². The van der Waals surface area contributed by atoms with E-state index in [-0.39, 0.29) is 18.8 Å². The highest BCUT2D eigenvalue weighted by Gasteiger charge is 2.35. The van der Waals surface area contributed by atoms with Crippen molar-refractivity contribution in [1.29, 1.82) is 0 Å². The van der Waals surface area contributed by atoms with Crippen LogP contribution >= 0.6 is 0 Å². The first kappa shape index (κ1) is 24.3. The minimum absolute atomic E-state index is 0.0322. The van der Waals surface area contributed by atoms with Crippen LogP contribution in [0.5, 0.6) is 5.75 Å². The molecule has 2 aromatic carbocycles. The van der Waals surface area contributed by atoms with Crippen molar-refractivity contribution in [1.82, 2.24) is 5.32 Å². The number of carbonyl (C=O) groups excluding carboxylic acids is 2. The average molecular weight is 468 g/mol. The summed E-state index contributed by atoms with van der Waals surface area (Å²) in [5.74, 6) is -1.92. The van der Waals surface area contributed by atoms with E-state index in [2.05, 4.69) is 10.1 Å². The second-order valence-corrected chi connectivity index (χ2v) is 8.35. The van der Waals surface area contributed by atoms with Gasteiger partial charge in [0.2, 0.25) is 5.91 Å². The van der Waals surface area contributed by atoms with Gasteiger partial charge in [0, 0.05) is 20.1 Å². The van der Waals surface area contributed by atoms with E-state index in [1.807, 2.05) is 0 Å². The summed E-state index contributed by atoms with van der Waals surface area (Å²) in [6.07, 6.45) is -4.80. The zero-order valence-electron chi connectivity index (χ0n) is 18.2. The van der Waals surface area contributed by atoms with Crippen molar-refractivity contribution >= 4 is 23.2 Å². The third-order valence-corrected chi connectivity index (χ3v) is 5.09. The maximum atomic E-state index is 14.0. The first-order valence-electron chi connectivity index (χ1n) is 10.0. The lowest BCUT2D eigenvalue weighted by Crippen LogP contribution is -2.58. The molecule has 0 aliphatic carbocycles. The summed E-state index contributed by atoms with van der Waals surface area (Å²) in [4.78, 5) is 28.5. The van der Waals surface area contributed by atoms with E-state index in [4.69, 9.17) is 5.73 Å². The molecule has 11 heteroatoms. The van der Waals surface area contributed by atoms with Gasteiger partial charge in [-0.15, -0.1) is 13.2 Å². The number of alkyl halides is 3. The Morgan fingerprint density at radius 3 is 2.36 bits per heavy atom. The fraction of sp³-hybridized carbons (Fsp3) is 0.364. The number of likely N-dealkylation sites (N-methyl/N-ethyl adjacent to an activating group) is 1. The van der Waals surface area contributed by atoms with Crippen LogP contribution in [0.4, 0.5) is 28.9 Å². The lowest BCUT2D eigenvalue weighted by molar-refractivity contribution is -0.274. The quantitative estimate of drug-likeness (QED) is 0.659. The smallest absolute Gasteiger partial charge is 0.406 e. The summed E-state index contributed by atoms with van der Waals surface area (Å²) >= 11 is 0. The molecule has 2 aromatic rings. The van der Waals surface area contributed by atoms with E-state index in [1.165, 1.54) is 68.3 Å². The van der Waals surface area contributed by atoms with Crippen molar-refractivity contribution in [3.63, 3.8) is 0 Å². The van der Waals surface area contributed by atoms with Crippen LogP contribution in [0.1, 0.15) is 19.4 Å². The Hall–Kier alpha value is -3.34. The van der Waals surface area contributed by atoms with E-state index in [9.17, 15) is 27.2 Å². The average Bonchev–Trinajstić information content (AvgIpc) is 2.79. The van der Waals surface area contributed by atoms with Crippen LogP contribution in [0.3, 0.4) is 0 Å². The number of ether oxygens (including phenoxy) is 1. The van der Waals surface area contributed by atoms with Gasteiger partial charge in [-0.05, 0) is 49.7 Å². The Labute approximate surface area is 188 Å². The molecule has 7 nitrogen and oxygen atoms in total. The molecule has 0 radical (unpaired) electrons. The fourth-order valence-electron chi connectivity index (χ4n) is 3.40. The van der Waals surface area contributed by atoms with E-state index >= 15 is 0 Å². The number of nitrogens with one attached hydrogen (secondary N) is 1. The van der Waals surface area contributed by atoms with Gasteiger partial charge in [-0.1, -0.05) is 12.1 Å². The van der Waals surface area contributed by atoms with E-state index in [0.29, 0.717) is 16.9 Å². The van der Waals surface area contributed by atoms with Crippen molar-refractivity contribution in [2.24, 2.45) is 5.73 Å². The number of hydrogen-bond acceptors (Lipinski definition) is 5. The predicted octanol–water partition coefficient (Wildman–Crippen LogP) is 2.93. The van der Waals surface area contributed by atoms with Crippen molar-refractivity contribution in [3.05, 3.63) is 53.8 Å². The number of benzene rings is 2. The van der Waals surface area contributed by atoms with Gasteiger partial charge in [-0.3, -0.25) is 9.59 Å². The molecule has 2 amide bonds. The monoisotopic (exact) mass is 468 g/mol. The van der Waals surface area contributed by atoms with Gasteiger partial charge in [0.25, 0.3) is 5.91 Å². The third kappa shape index (κ3) is 5.92. The number of carbonyl (C=O) groups is 2. The number of rotatable bonds is 5. The maximum Gasteiger partial charge on any atom is 0.573 e. The van der Waals surface area contributed by atoms with Crippen molar-refractivity contribution in [2.75, 3.05) is 23.4 Å². The topological polar surface area (TPSA) is 87.9 Å². The zero-order chi connectivity index (χ0) is 24.6. The molecule has 0 unspecified atom stereocenters. The first-order valence-corrected chi connectivity index (χ1v) is 10.0. The second kappa shape index (κ2) is 8.89. The van der Waals surface area contributed by atoms with E-state index in [1.54, 1.807) is 4.90 Å². The van der Waals surface area contributed by atoms with Gasteiger partial charge in [0.15, 0.2) is 0 Å². The molecule has 0 saturated carbocycles. The molecule has 1 atom stereocenters. The number of nitrogens with two attached hydrogens (primary N) is 1. The van der Waals surface area contributed by atoms with Gasteiger partial charge in [0.05, 0.1) is 16.9 Å². The predicted molar refractivity (Wildman–Crippen MR) is 114 cm³/mol. The highest BCUT2D eigenvalue weighted by Crippen LogP contribution is 2.34. The summed E-state index contributed by atoms with van der Waals surface area (Å²) in [5, 5.41) is 2.64. The fourth-order valence-corrected chi connectivity index (χ4v) is 3.40. The minimum Gasteiger partial charge on any atom is -0.406 e. The lowest BCUT2D eigenvalue weighted by Gasteiger charge is -2.28. The largest absolute Gasteiger partial charge is 0.573 e. The molecule has 3 N–H and O–H groups in total. The molecular weight excluding hydrogens is 444 g/mol. The molecule has 33 heavy (non-hydrogen) atoms. The number of hydrogen-bond donors (Lipinski definition) is 2. The Balaban J connectivity index is 1.93. The molecule has 178 valence electrons. The Bertz CT molecular complexity index is 1040. The van der Waals surface area contributed by atoms with Crippen LogP contribution in [0, 0.1) is 5.82 Å². The molecule has 3 rings (SSSR count). The van der Waals surface area contributed by atoms with Crippen molar-refractivity contribution < 1.29 is 31.9 Å². The summed E-state index contributed by atoms with van der Waals surface area (Å²) in [6, 6.07) is 8.23. The summed E-state index contributed by atoms with van der Waals surface area (Å²) in [6.45, 7) is 3.20. The van der Waals surface area contributed by atoms with E-state index < -0.39 is 35.6 Å². The first-order chi connectivity index (χ1) is 15.2. The molecule has 0 aromatic heterocycles.